The third kappa shape index (κ3) is 4.04. The average molecular weight is 172 g/mol. The highest BCUT2D eigenvalue weighted by molar-refractivity contribution is 4.64. The molecule has 0 unspecified atom stereocenters. The van der Waals surface area contributed by atoms with Gasteiger partial charge in [-0.1, -0.05) is 13.3 Å². The molecule has 1 heterocycles. The fourth-order valence-electron chi connectivity index (χ4n) is 1.29. The molecule has 12 heavy (non-hydrogen) atoms. The van der Waals surface area contributed by atoms with Crippen LogP contribution in [0.1, 0.15) is 19.8 Å². The molecule has 0 spiro atoms. The average Bonchev–Trinajstić information content (AvgIpc) is 2.57. The summed E-state index contributed by atoms with van der Waals surface area (Å²) in [5.74, 6) is 0. The van der Waals surface area contributed by atoms with Crippen molar-refractivity contribution in [2.45, 2.75) is 19.8 Å². The number of hydrogen-bond donors (Lipinski definition) is 1. The summed E-state index contributed by atoms with van der Waals surface area (Å²) in [5.41, 5.74) is 0. The van der Waals surface area contributed by atoms with Gasteiger partial charge in [-0.15, -0.1) is 0 Å². The van der Waals surface area contributed by atoms with Crippen LogP contribution in [0.25, 0.3) is 0 Å². The van der Waals surface area contributed by atoms with Crippen molar-refractivity contribution >= 4 is 0 Å². The lowest BCUT2D eigenvalue weighted by molar-refractivity contribution is 0.108. The zero-order chi connectivity index (χ0) is 8.65. The van der Waals surface area contributed by atoms with Gasteiger partial charge in [-0.25, -0.2) is 0 Å². The van der Waals surface area contributed by atoms with E-state index in [1.807, 2.05) is 0 Å². The molecule has 1 fully saturated rings. The lowest BCUT2D eigenvalue weighted by atomic mass is 10.4. The van der Waals surface area contributed by atoms with Crippen LogP contribution in [0.4, 0.5) is 0 Å². The second-order valence-corrected chi connectivity index (χ2v) is 3.24. The molecule has 3 nitrogen and oxygen atoms in total. The monoisotopic (exact) mass is 172 g/mol. The molecule has 1 aliphatic heterocycles. The highest BCUT2D eigenvalue weighted by Crippen LogP contribution is 1.93. The van der Waals surface area contributed by atoms with Crippen molar-refractivity contribution in [3.05, 3.63) is 0 Å². The quantitative estimate of drug-likeness (QED) is 0.596. The Hall–Kier alpha value is -0.120. The minimum Gasteiger partial charge on any atom is -0.380 e. The maximum Gasteiger partial charge on any atom is 0.0593 e. The Kier molecular flexibility index (Phi) is 5.32. The Balaban J connectivity index is 1.81. The summed E-state index contributed by atoms with van der Waals surface area (Å²) >= 11 is 0. The van der Waals surface area contributed by atoms with E-state index in [1.54, 1.807) is 0 Å². The number of nitrogens with zero attached hydrogens (tertiary/aromatic N) is 1. The van der Waals surface area contributed by atoms with Crippen molar-refractivity contribution in [1.82, 2.24) is 10.2 Å². The molecule has 0 aromatic carbocycles. The number of nitrogens with one attached hydrogen (secondary N) is 1. The van der Waals surface area contributed by atoms with E-state index in [0.29, 0.717) is 0 Å². The maximum absolute atomic E-state index is 5.47. The van der Waals surface area contributed by atoms with Crippen LogP contribution in [0, 0.1) is 0 Å². The molecule has 0 aromatic rings. The predicted molar refractivity (Wildman–Crippen MR) is 50.2 cm³/mol. The third-order valence-electron chi connectivity index (χ3n) is 2.13. The standard InChI is InChI=1S/C9H20N2O/c1-2-3-7-12-8-6-11-5-4-10-9-11/h10H,2-9H2,1H3. The molecule has 72 valence electrons. The number of unbranched alkanes of at least 4 members (excludes halogenated alkanes) is 1. The van der Waals surface area contributed by atoms with Crippen LogP contribution in [0.5, 0.6) is 0 Å². The Morgan fingerprint density at radius 3 is 3.00 bits per heavy atom. The van der Waals surface area contributed by atoms with Crippen LogP contribution in [0.15, 0.2) is 0 Å². The molecule has 0 amide bonds. The van der Waals surface area contributed by atoms with Gasteiger partial charge in [-0.2, -0.15) is 0 Å². The first-order chi connectivity index (χ1) is 5.93. The molecule has 3 heteroatoms. The van der Waals surface area contributed by atoms with E-state index in [0.717, 1.165) is 33.0 Å². The molecule has 0 radical (unpaired) electrons. The predicted octanol–water partition coefficient (Wildman–Crippen LogP) is 0.666. The molecular formula is C9H20N2O. The fraction of sp³-hybridized carbons (Fsp3) is 1.00. The molecular weight excluding hydrogens is 152 g/mol. The molecule has 0 bridgehead atoms. The molecule has 1 rings (SSSR count). The number of ether oxygens (including phenoxy) is 1. The topological polar surface area (TPSA) is 24.5 Å². The van der Waals surface area contributed by atoms with Gasteiger partial charge in [0.05, 0.1) is 6.61 Å². The molecule has 0 saturated carbocycles. The van der Waals surface area contributed by atoms with E-state index in [-0.39, 0.29) is 0 Å². The van der Waals surface area contributed by atoms with Crippen LogP contribution in [-0.2, 0) is 4.74 Å². The van der Waals surface area contributed by atoms with Gasteiger partial charge in [0, 0.05) is 32.9 Å². The van der Waals surface area contributed by atoms with Crippen LogP contribution in [0.3, 0.4) is 0 Å². The van der Waals surface area contributed by atoms with Crippen molar-refractivity contribution in [2.75, 3.05) is 39.5 Å². The molecule has 0 aliphatic carbocycles. The van der Waals surface area contributed by atoms with E-state index < -0.39 is 0 Å². The largest absolute Gasteiger partial charge is 0.380 e. The minimum absolute atomic E-state index is 0.891. The summed E-state index contributed by atoms with van der Waals surface area (Å²) in [5, 5.41) is 3.29. The van der Waals surface area contributed by atoms with Gasteiger partial charge >= 0.3 is 0 Å². The van der Waals surface area contributed by atoms with Gasteiger partial charge < -0.3 is 10.1 Å². The van der Waals surface area contributed by atoms with Crippen LogP contribution < -0.4 is 5.32 Å². The molecule has 0 aromatic heterocycles. The zero-order valence-corrected chi connectivity index (χ0v) is 8.01. The molecule has 1 N–H and O–H groups in total. The van der Waals surface area contributed by atoms with E-state index in [9.17, 15) is 0 Å². The van der Waals surface area contributed by atoms with Crippen molar-refractivity contribution in [1.29, 1.82) is 0 Å². The molecule has 1 saturated heterocycles. The second-order valence-electron chi connectivity index (χ2n) is 3.24. The number of hydrogen-bond acceptors (Lipinski definition) is 3. The first-order valence-electron chi connectivity index (χ1n) is 4.94. The Morgan fingerprint density at radius 1 is 1.42 bits per heavy atom. The van der Waals surface area contributed by atoms with Gasteiger partial charge in [0.1, 0.15) is 0 Å². The smallest absolute Gasteiger partial charge is 0.0593 e. The maximum atomic E-state index is 5.47. The van der Waals surface area contributed by atoms with Crippen LogP contribution in [-0.4, -0.2) is 44.4 Å². The van der Waals surface area contributed by atoms with Gasteiger partial charge in [0.2, 0.25) is 0 Å². The van der Waals surface area contributed by atoms with Crippen molar-refractivity contribution in [2.24, 2.45) is 0 Å². The first-order valence-corrected chi connectivity index (χ1v) is 4.94. The van der Waals surface area contributed by atoms with Gasteiger partial charge in [0.15, 0.2) is 0 Å². The highest BCUT2D eigenvalue weighted by atomic mass is 16.5. The molecule has 0 atom stereocenters. The summed E-state index contributed by atoms with van der Waals surface area (Å²) in [6, 6.07) is 0. The SMILES string of the molecule is CCCCOCCN1CCNC1. The van der Waals surface area contributed by atoms with Gasteiger partial charge in [0.25, 0.3) is 0 Å². The minimum atomic E-state index is 0.891. The summed E-state index contributed by atoms with van der Waals surface area (Å²) in [6.07, 6.45) is 2.42. The third-order valence-corrected chi connectivity index (χ3v) is 2.13. The molecule has 1 aliphatic rings. The normalized spacial score (nSPS) is 18.8. The summed E-state index contributed by atoms with van der Waals surface area (Å²) in [4.78, 5) is 2.38. The van der Waals surface area contributed by atoms with E-state index >= 15 is 0 Å². The van der Waals surface area contributed by atoms with E-state index in [4.69, 9.17) is 4.74 Å². The lowest BCUT2D eigenvalue weighted by Gasteiger charge is -2.13. The Bertz CT molecular complexity index is 103. The summed E-state index contributed by atoms with van der Waals surface area (Å²) in [6.45, 7) is 8.44. The Labute approximate surface area is 75.1 Å². The summed E-state index contributed by atoms with van der Waals surface area (Å²) < 4.78 is 5.47. The van der Waals surface area contributed by atoms with Crippen LogP contribution in [0.2, 0.25) is 0 Å². The zero-order valence-electron chi connectivity index (χ0n) is 8.01. The lowest BCUT2D eigenvalue weighted by Crippen LogP contribution is -2.26. The summed E-state index contributed by atoms with van der Waals surface area (Å²) in [7, 11) is 0. The van der Waals surface area contributed by atoms with Crippen molar-refractivity contribution < 1.29 is 4.74 Å². The van der Waals surface area contributed by atoms with Crippen molar-refractivity contribution in [3.8, 4) is 0 Å². The van der Waals surface area contributed by atoms with E-state index in [2.05, 4.69) is 17.1 Å². The number of rotatable bonds is 6. The highest BCUT2D eigenvalue weighted by Gasteiger charge is 2.08. The second kappa shape index (κ2) is 6.40. The van der Waals surface area contributed by atoms with Crippen LogP contribution >= 0.6 is 0 Å². The fourth-order valence-corrected chi connectivity index (χ4v) is 1.29. The first kappa shape index (κ1) is 9.96. The van der Waals surface area contributed by atoms with Gasteiger partial charge in [-0.05, 0) is 6.42 Å². The van der Waals surface area contributed by atoms with Crippen molar-refractivity contribution in [3.63, 3.8) is 0 Å². The van der Waals surface area contributed by atoms with Gasteiger partial charge in [-0.3, -0.25) is 4.90 Å². The van der Waals surface area contributed by atoms with E-state index in [1.165, 1.54) is 19.4 Å². The Morgan fingerprint density at radius 2 is 2.33 bits per heavy atom.